The second kappa shape index (κ2) is 6.87. The molecule has 2 aliphatic heterocycles. The van der Waals surface area contributed by atoms with Gasteiger partial charge < -0.3 is 14.6 Å². The zero-order chi connectivity index (χ0) is 19.0. The van der Waals surface area contributed by atoms with Crippen LogP contribution in [0.4, 0.5) is 0 Å². The number of rotatable bonds is 2. The first-order valence-electron chi connectivity index (χ1n) is 9.74. The molecular formula is C22H22N4O2. The van der Waals surface area contributed by atoms with E-state index in [1.54, 1.807) is 6.20 Å². The molecule has 0 aliphatic carbocycles. The molecule has 5 rings (SSSR count). The number of amides is 1. The van der Waals surface area contributed by atoms with Crippen molar-refractivity contribution in [1.82, 2.24) is 19.9 Å². The number of likely N-dealkylation sites (tertiary alicyclic amines) is 1. The molecule has 1 spiro atoms. The van der Waals surface area contributed by atoms with E-state index < -0.39 is 5.60 Å². The number of hydrogen-bond donors (Lipinski definition) is 1. The van der Waals surface area contributed by atoms with Crippen molar-refractivity contribution in [3.8, 4) is 11.4 Å². The van der Waals surface area contributed by atoms with E-state index in [1.807, 2.05) is 53.6 Å². The lowest BCUT2D eigenvalue weighted by Crippen LogP contribution is -2.49. The Balaban J connectivity index is 1.43. The highest BCUT2D eigenvalue weighted by atomic mass is 16.5. The van der Waals surface area contributed by atoms with Crippen LogP contribution in [-0.2, 0) is 16.8 Å². The summed E-state index contributed by atoms with van der Waals surface area (Å²) in [6.45, 7) is 1.98. The van der Waals surface area contributed by atoms with Crippen LogP contribution in [0.2, 0.25) is 0 Å². The van der Waals surface area contributed by atoms with Crippen molar-refractivity contribution < 1.29 is 9.53 Å². The van der Waals surface area contributed by atoms with Crippen LogP contribution in [0.1, 0.15) is 34.6 Å². The van der Waals surface area contributed by atoms with E-state index >= 15 is 0 Å². The molecule has 0 atom stereocenters. The Bertz CT molecular complexity index is 977. The molecule has 1 fully saturated rings. The zero-order valence-corrected chi connectivity index (χ0v) is 15.6. The van der Waals surface area contributed by atoms with Gasteiger partial charge in [0.1, 0.15) is 11.3 Å². The van der Waals surface area contributed by atoms with Gasteiger partial charge in [-0.2, -0.15) is 0 Å². The molecule has 0 radical (unpaired) electrons. The minimum absolute atomic E-state index is 0.0449. The molecule has 1 N–H and O–H groups in total. The Hall–Kier alpha value is -2.99. The van der Waals surface area contributed by atoms with Crippen molar-refractivity contribution in [2.75, 3.05) is 19.7 Å². The number of aromatic nitrogens is 3. The molecule has 2 aromatic heterocycles. The Kier molecular flexibility index (Phi) is 4.20. The van der Waals surface area contributed by atoms with Gasteiger partial charge in [0.2, 0.25) is 0 Å². The number of benzene rings is 1. The summed E-state index contributed by atoms with van der Waals surface area (Å²) in [5, 5.41) is 0. The van der Waals surface area contributed by atoms with Gasteiger partial charge in [-0.15, -0.1) is 0 Å². The minimum Gasteiger partial charge on any atom is -0.368 e. The van der Waals surface area contributed by atoms with Crippen LogP contribution < -0.4 is 0 Å². The van der Waals surface area contributed by atoms with E-state index in [4.69, 9.17) is 9.72 Å². The SMILES string of the molecule is O=C(c1ccc[nH]1)N1CCC2(CC1)OCCc1cnc(-c3ccccc3)nc12. The topological polar surface area (TPSA) is 71.1 Å². The van der Waals surface area contributed by atoms with Crippen LogP contribution in [0, 0.1) is 0 Å². The van der Waals surface area contributed by atoms with Gasteiger partial charge in [0, 0.05) is 31.0 Å². The predicted octanol–water partition coefficient (Wildman–Crippen LogP) is 3.18. The largest absolute Gasteiger partial charge is 0.368 e. The van der Waals surface area contributed by atoms with Crippen molar-refractivity contribution in [2.24, 2.45) is 0 Å². The van der Waals surface area contributed by atoms with Crippen molar-refractivity contribution in [3.63, 3.8) is 0 Å². The fraction of sp³-hybridized carbons (Fsp3) is 0.318. The van der Waals surface area contributed by atoms with Crippen LogP contribution in [0.25, 0.3) is 11.4 Å². The second-order valence-electron chi connectivity index (χ2n) is 7.40. The van der Waals surface area contributed by atoms with E-state index in [2.05, 4.69) is 9.97 Å². The van der Waals surface area contributed by atoms with Crippen molar-refractivity contribution in [2.45, 2.75) is 24.9 Å². The Morgan fingerprint density at radius 1 is 1.11 bits per heavy atom. The quantitative estimate of drug-likeness (QED) is 0.748. The van der Waals surface area contributed by atoms with Crippen molar-refractivity contribution in [1.29, 1.82) is 0 Å². The summed E-state index contributed by atoms with van der Waals surface area (Å²) < 4.78 is 6.31. The maximum atomic E-state index is 12.6. The van der Waals surface area contributed by atoms with Crippen LogP contribution in [0.5, 0.6) is 0 Å². The average Bonchev–Trinajstić information content (AvgIpc) is 3.30. The molecular weight excluding hydrogens is 352 g/mol. The summed E-state index contributed by atoms with van der Waals surface area (Å²) in [7, 11) is 0. The molecule has 1 saturated heterocycles. The molecule has 3 aromatic rings. The Labute approximate surface area is 163 Å². The van der Waals surface area contributed by atoms with Gasteiger partial charge in [0.25, 0.3) is 5.91 Å². The lowest BCUT2D eigenvalue weighted by Gasteiger charge is -2.44. The number of ether oxygens (including phenoxy) is 1. The van der Waals surface area contributed by atoms with E-state index in [9.17, 15) is 4.79 Å². The van der Waals surface area contributed by atoms with E-state index in [0.29, 0.717) is 25.4 Å². The fourth-order valence-electron chi connectivity index (χ4n) is 4.22. The Morgan fingerprint density at radius 2 is 1.93 bits per heavy atom. The van der Waals surface area contributed by atoms with Gasteiger partial charge in [-0.05, 0) is 37.0 Å². The summed E-state index contributed by atoms with van der Waals surface area (Å²) in [5.41, 5.74) is 3.38. The first-order valence-corrected chi connectivity index (χ1v) is 9.74. The predicted molar refractivity (Wildman–Crippen MR) is 105 cm³/mol. The summed E-state index contributed by atoms with van der Waals surface area (Å²) >= 11 is 0. The van der Waals surface area contributed by atoms with Gasteiger partial charge in [-0.25, -0.2) is 9.97 Å². The number of carbonyl (C=O) groups excluding carboxylic acids is 1. The maximum absolute atomic E-state index is 12.6. The first kappa shape index (κ1) is 17.1. The van der Waals surface area contributed by atoms with Gasteiger partial charge in [-0.1, -0.05) is 30.3 Å². The maximum Gasteiger partial charge on any atom is 0.270 e. The highest BCUT2D eigenvalue weighted by Gasteiger charge is 2.43. The van der Waals surface area contributed by atoms with E-state index in [0.717, 1.165) is 41.9 Å². The molecule has 1 amide bonds. The number of nitrogens with one attached hydrogen (secondary N) is 1. The number of nitrogens with zero attached hydrogens (tertiary/aromatic N) is 3. The molecule has 6 heteroatoms. The van der Waals surface area contributed by atoms with Gasteiger partial charge >= 0.3 is 0 Å². The third-order valence-corrected chi connectivity index (χ3v) is 5.76. The number of carbonyl (C=O) groups is 1. The molecule has 1 aromatic carbocycles. The monoisotopic (exact) mass is 374 g/mol. The summed E-state index contributed by atoms with van der Waals surface area (Å²) in [6, 6.07) is 13.7. The van der Waals surface area contributed by atoms with Gasteiger partial charge in [0.15, 0.2) is 5.82 Å². The summed E-state index contributed by atoms with van der Waals surface area (Å²) in [4.78, 5) is 27.1. The lowest BCUT2D eigenvalue weighted by molar-refractivity contribution is -0.0967. The van der Waals surface area contributed by atoms with Crippen LogP contribution >= 0.6 is 0 Å². The molecule has 0 unspecified atom stereocenters. The molecule has 6 nitrogen and oxygen atoms in total. The lowest BCUT2D eigenvalue weighted by atomic mass is 9.83. The highest BCUT2D eigenvalue weighted by Crippen LogP contribution is 2.41. The number of aromatic amines is 1. The van der Waals surface area contributed by atoms with Crippen molar-refractivity contribution >= 4 is 5.91 Å². The van der Waals surface area contributed by atoms with Crippen LogP contribution in [0.15, 0.2) is 54.9 Å². The van der Waals surface area contributed by atoms with Gasteiger partial charge in [-0.3, -0.25) is 4.79 Å². The standard InChI is InChI=1S/C22H22N4O2/c27-21(18-7-4-11-23-18)26-12-9-22(10-13-26)19-17(8-14-28-22)15-24-20(25-19)16-5-2-1-3-6-16/h1-7,11,15,23H,8-10,12-14H2. The van der Waals surface area contributed by atoms with Crippen LogP contribution in [0.3, 0.4) is 0 Å². The van der Waals surface area contributed by atoms with E-state index in [1.165, 1.54) is 0 Å². The molecule has 142 valence electrons. The highest BCUT2D eigenvalue weighted by molar-refractivity contribution is 5.92. The minimum atomic E-state index is -0.424. The molecule has 0 bridgehead atoms. The molecule has 28 heavy (non-hydrogen) atoms. The second-order valence-corrected chi connectivity index (χ2v) is 7.40. The third kappa shape index (κ3) is 2.90. The number of hydrogen-bond acceptors (Lipinski definition) is 4. The van der Waals surface area contributed by atoms with Gasteiger partial charge in [0.05, 0.1) is 12.3 Å². The van der Waals surface area contributed by atoms with E-state index in [-0.39, 0.29) is 5.91 Å². The summed E-state index contributed by atoms with van der Waals surface area (Å²) in [6.07, 6.45) is 6.05. The molecule has 4 heterocycles. The third-order valence-electron chi connectivity index (χ3n) is 5.76. The molecule has 2 aliphatic rings. The number of fused-ring (bicyclic) bond motifs is 2. The normalized spacial score (nSPS) is 18.1. The zero-order valence-electron chi connectivity index (χ0n) is 15.6. The summed E-state index contributed by atoms with van der Waals surface area (Å²) in [5.74, 6) is 0.776. The fourth-order valence-corrected chi connectivity index (χ4v) is 4.22. The number of H-pyrrole nitrogens is 1. The van der Waals surface area contributed by atoms with Crippen LogP contribution in [-0.4, -0.2) is 45.5 Å². The smallest absolute Gasteiger partial charge is 0.270 e. The van der Waals surface area contributed by atoms with Crippen molar-refractivity contribution in [3.05, 3.63) is 71.8 Å². The number of piperidine rings is 1. The molecule has 0 saturated carbocycles. The Morgan fingerprint density at radius 3 is 2.68 bits per heavy atom. The average molecular weight is 374 g/mol. The first-order chi connectivity index (χ1) is 13.8.